The Hall–Kier alpha value is -1.51. The first-order chi connectivity index (χ1) is 7.71. The van der Waals surface area contributed by atoms with Gasteiger partial charge in [0.15, 0.2) is 5.60 Å². The maximum Gasteiger partial charge on any atom is 0.268 e. The molecule has 1 heterocycles. The highest BCUT2D eigenvalue weighted by Crippen LogP contribution is 2.43. The van der Waals surface area contributed by atoms with Gasteiger partial charge in [0.25, 0.3) is 5.91 Å². The van der Waals surface area contributed by atoms with Crippen LogP contribution < -0.4 is 10.1 Å². The Kier molecular flexibility index (Phi) is 1.96. The Morgan fingerprint density at radius 1 is 1.31 bits per heavy atom. The lowest BCUT2D eigenvalue weighted by Crippen LogP contribution is -2.48. The number of amides is 1. The molecule has 0 saturated heterocycles. The second kappa shape index (κ2) is 3.24. The summed E-state index contributed by atoms with van der Waals surface area (Å²) in [5.41, 5.74) is 1.31. The maximum absolute atomic E-state index is 12.1. The van der Waals surface area contributed by atoms with Crippen molar-refractivity contribution < 1.29 is 9.53 Å². The molecular weight excluding hydrogens is 202 g/mol. The highest BCUT2D eigenvalue weighted by atomic mass is 16.5. The summed E-state index contributed by atoms with van der Waals surface area (Å²) in [4.78, 5) is 12.1. The van der Waals surface area contributed by atoms with E-state index < -0.39 is 5.60 Å². The van der Waals surface area contributed by atoms with Crippen LogP contribution in [0.2, 0.25) is 0 Å². The minimum atomic E-state index is -0.584. The minimum Gasteiger partial charge on any atom is -0.475 e. The molecule has 3 nitrogen and oxygen atoms in total. The molecule has 3 rings (SSSR count). The Balaban J connectivity index is 2.06. The van der Waals surface area contributed by atoms with Gasteiger partial charge in [-0.25, -0.2) is 0 Å². The summed E-state index contributed by atoms with van der Waals surface area (Å²) < 4.78 is 6.01. The van der Waals surface area contributed by atoms with Crippen LogP contribution in [0.25, 0.3) is 0 Å². The van der Waals surface area contributed by atoms with Crippen LogP contribution in [0.5, 0.6) is 5.75 Å². The Labute approximate surface area is 94.8 Å². The first-order valence-corrected chi connectivity index (χ1v) is 5.81. The average Bonchev–Trinajstić information content (AvgIpc) is 2.72. The molecule has 1 N–H and O–H groups in total. The predicted octanol–water partition coefficient (Wildman–Crippen LogP) is 2.64. The van der Waals surface area contributed by atoms with Crippen molar-refractivity contribution in [2.75, 3.05) is 5.32 Å². The topological polar surface area (TPSA) is 38.3 Å². The van der Waals surface area contributed by atoms with Crippen LogP contribution in [0.4, 0.5) is 5.69 Å². The molecular formula is C13H15NO2. The molecule has 1 fully saturated rings. The average molecular weight is 217 g/mol. The molecule has 1 aromatic rings. The molecule has 0 aromatic heterocycles. The number of hydrogen-bond donors (Lipinski definition) is 1. The van der Waals surface area contributed by atoms with Gasteiger partial charge < -0.3 is 10.1 Å². The first-order valence-electron chi connectivity index (χ1n) is 5.81. The summed E-state index contributed by atoms with van der Waals surface area (Å²) >= 11 is 0. The van der Waals surface area contributed by atoms with E-state index >= 15 is 0 Å². The van der Waals surface area contributed by atoms with Crippen LogP contribution in [0, 0.1) is 6.92 Å². The van der Waals surface area contributed by atoms with Gasteiger partial charge in [-0.3, -0.25) is 4.79 Å². The summed E-state index contributed by atoms with van der Waals surface area (Å²) in [6.45, 7) is 2.01. The highest BCUT2D eigenvalue weighted by Gasteiger charge is 2.46. The number of anilines is 1. The van der Waals surface area contributed by atoms with Gasteiger partial charge in [0, 0.05) is 0 Å². The third-order valence-corrected chi connectivity index (χ3v) is 3.58. The van der Waals surface area contributed by atoms with E-state index in [-0.39, 0.29) is 5.91 Å². The number of para-hydroxylation sites is 1. The fraction of sp³-hybridized carbons (Fsp3) is 0.462. The monoisotopic (exact) mass is 217 g/mol. The lowest BCUT2D eigenvalue weighted by Gasteiger charge is -2.35. The van der Waals surface area contributed by atoms with E-state index in [0.717, 1.165) is 42.7 Å². The highest BCUT2D eigenvalue weighted by molar-refractivity contribution is 6.01. The van der Waals surface area contributed by atoms with Gasteiger partial charge >= 0.3 is 0 Å². The number of nitrogens with one attached hydrogen (secondary N) is 1. The number of hydrogen-bond acceptors (Lipinski definition) is 2. The summed E-state index contributed by atoms with van der Waals surface area (Å²) in [7, 11) is 0. The number of carbonyl (C=O) groups is 1. The van der Waals surface area contributed by atoms with Crippen LogP contribution in [-0.4, -0.2) is 11.5 Å². The Bertz CT molecular complexity index is 447. The molecule has 0 atom stereocenters. The number of aryl methyl sites for hydroxylation is 1. The van der Waals surface area contributed by atoms with Gasteiger partial charge in [-0.05, 0) is 44.2 Å². The molecule has 1 aromatic carbocycles. The fourth-order valence-electron chi connectivity index (χ4n) is 2.64. The summed E-state index contributed by atoms with van der Waals surface area (Å²) in [6, 6.07) is 5.84. The smallest absolute Gasteiger partial charge is 0.268 e. The number of ether oxygens (including phenoxy) is 1. The molecule has 84 valence electrons. The maximum atomic E-state index is 12.1. The van der Waals surface area contributed by atoms with Gasteiger partial charge in [0.05, 0.1) is 5.69 Å². The molecule has 0 bridgehead atoms. The largest absolute Gasteiger partial charge is 0.475 e. The van der Waals surface area contributed by atoms with Crippen LogP contribution in [-0.2, 0) is 4.79 Å². The second-order valence-corrected chi connectivity index (χ2v) is 4.71. The molecule has 16 heavy (non-hydrogen) atoms. The van der Waals surface area contributed by atoms with E-state index in [1.807, 2.05) is 25.1 Å². The lowest BCUT2D eigenvalue weighted by molar-refractivity contribution is -0.131. The molecule has 1 amide bonds. The molecule has 0 radical (unpaired) electrons. The van der Waals surface area contributed by atoms with Crippen molar-refractivity contribution in [1.29, 1.82) is 0 Å². The van der Waals surface area contributed by atoms with Crippen LogP contribution in [0.15, 0.2) is 18.2 Å². The molecule has 2 aliphatic rings. The third kappa shape index (κ3) is 1.24. The zero-order valence-corrected chi connectivity index (χ0v) is 9.38. The minimum absolute atomic E-state index is 0.0306. The number of benzene rings is 1. The SMILES string of the molecule is Cc1cccc2c1OC1(CCCC1)C(=O)N2. The third-order valence-electron chi connectivity index (χ3n) is 3.58. The number of rotatable bonds is 0. The Morgan fingerprint density at radius 3 is 2.81 bits per heavy atom. The summed E-state index contributed by atoms with van der Waals surface area (Å²) in [5.74, 6) is 0.882. The van der Waals surface area contributed by atoms with E-state index in [0.29, 0.717) is 0 Å². The van der Waals surface area contributed by atoms with Crippen molar-refractivity contribution in [3.05, 3.63) is 23.8 Å². The van der Waals surface area contributed by atoms with Crippen LogP contribution in [0.3, 0.4) is 0 Å². The van der Waals surface area contributed by atoms with Crippen LogP contribution in [0.1, 0.15) is 31.2 Å². The van der Waals surface area contributed by atoms with Crippen molar-refractivity contribution in [3.8, 4) is 5.75 Å². The van der Waals surface area contributed by atoms with Crippen molar-refractivity contribution >= 4 is 11.6 Å². The number of fused-ring (bicyclic) bond motifs is 1. The van der Waals surface area contributed by atoms with Crippen molar-refractivity contribution in [1.82, 2.24) is 0 Å². The zero-order valence-electron chi connectivity index (χ0n) is 9.38. The second-order valence-electron chi connectivity index (χ2n) is 4.71. The predicted molar refractivity (Wildman–Crippen MR) is 61.6 cm³/mol. The number of carbonyl (C=O) groups excluding carboxylic acids is 1. The quantitative estimate of drug-likeness (QED) is 0.725. The summed E-state index contributed by atoms with van der Waals surface area (Å²) in [5, 5.41) is 2.97. The normalized spacial score (nSPS) is 21.4. The molecule has 1 aliphatic heterocycles. The molecule has 1 spiro atoms. The molecule has 1 saturated carbocycles. The lowest BCUT2D eigenvalue weighted by atomic mass is 9.98. The standard InChI is InChI=1S/C13H15NO2/c1-9-5-4-6-10-11(9)16-13(12(15)14-10)7-2-3-8-13/h4-6H,2-3,7-8H2,1H3,(H,14,15). The van der Waals surface area contributed by atoms with E-state index in [9.17, 15) is 4.79 Å². The van der Waals surface area contributed by atoms with Crippen molar-refractivity contribution in [2.45, 2.75) is 38.2 Å². The van der Waals surface area contributed by atoms with E-state index in [1.54, 1.807) is 0 Å². The molecule has 1 aliphatic carbocycles. The van der Waals surface area contributed by atoms with Crippen molar-refractivity contribution in [3.63, 3.8) is 0 Å². The van der Waals surface area contributed by atoms with Gasteiger partial charge in [0.1, 0.15) is 5.75 Å². The molecule has 3 heteroatoms. The van der Waals surface area contributed by atoms with E-state index in [1.165, 1.54) is 0 Å². The fourth-order valence-corrected chi connectivity index (χ4v) is 2.64. The van der Waals surface area contributed by atoms with E-state index in [2.05, 4.69) is 5.32 Å². The summed E-state index contributed by atoms with van der Waals surface area (Å²) in [6.07, 6.45) is 3.84. The first kappa shape index (κ1) is 9.70. The van der Waals surface area contributed by atoms with Gasteiger partial charge in [-0.15, -0.1) is 0 Å². The van der Waals surface area contributed by atoms with Crippen molar-refractivity contribution in [2.24, 2.45) is 0 Å². The molecule has 0 unspecified atom stereocenters. The zero-order chi connectivity index (χ0) is 11.2. The van der Waals surface area contributed by atoms with Crippen LogP contribution >= 0.6 is 0 Å². The Morgan fingerprint density at radius 2 is 2.06 bits per heavy atom. The van der Waals surface area contributed by atoms with E-state index in [4.69, 9.17) is 4.74 Å². The van der Waals surface area contributed by atoms with Gasteiger partial charge in [0.2, 0.25) is 0 Å². The van der Waals surface area contributed by atoms with Gasteiger partial charge in [-0.2, -0.15) is 0 Å². The van der Waals surface area contributed by atoms with Gasteiger partial charge in [-0.1, -0.05) is 12.1 Å².